The molecule has 3 heterocycles. The smallest absolute Gasteiger partial charge is 0.337 e. The summed E-state index contributed by atoms with van der Waals surface area (Å²) < 4.78 is 26.5. The molecule has 0 aromatic heterocycles. The summed E-state index contributed by atoms with van der Waals surface area (Å²) in [7, 11) is 1.19. The average molecular weight is 422 g/mol. The molecule has 3 aliphatic rings. The first kappa shape index (κ1) is 22.3. The maximum Gasteiger partial charge on any atom is 0.337 e. The highest BCUT2D eigenvalue weighted by Crippen LogP contribution is 2.42. The zero-order valence-electron chi connectivity index (χ0n) is 15.6. The molecule has 166 valence electrons. The van der Waals surface area contributed by atoms with E-state index >= 15 is 0 Å². The third-order valence-corrected chi connectivity index (χ3v) is 5.44. The third kappa shape index (κ3) is 4.26. The van der Waals surface area contributed by atoms with Crippen LogP contribution in [-0.4, -0.2) is 106 Å². The van der Waals surface area contributed by atoms with E-state index in [4.69, 9.17) is 23.7 Å². The molecule has 0 spiro atoms. The molecule has 3 aliphatic heterocycles. The molecule has 0 saturated carbocycles. The molecular weight excluding hydrogens is 396 g/mol. The number of esters is 1. The van der Waals surface area contributed by atoms with Crippen LogP contribution in [0.5, 0.6) is 0 Å². The van der Waals surface area contributed by atoms with Crippen LogP contribution < -0.4 is 0 Å². The van der Waals surface area contributed by atoms with Gasteiger partial charge < -0.3 is 54.3 Å². The van der Waals surface area contributed by atoms with Gasteiger partial charge in [-0.25, -0.2) is 4.79 Å². The largest absolute Gasteiger partial charge is 0.471 e. The Morgan fingerprint density at radius 3 is 2.34 bits per heavy atom. The van der Waals surface area contributed by atoms with Gasteiger partial charge in [0.2, 0.25) is 6.29 Å². The molecule has 12 heteroatoms. The van der Waals surface area contributed by atoms with E-state index < -0.39 is 80.4 Å². The summed E-state index contributed by atoms with van der Waals surface area (Å²) in [4.78, 5) is 12.1. The standard InChI is InChI=1S/C17H26O12/c1-25-15(24)7-5-26-16(11-6(7)2-10(20)27-8(11)3-18)29-17-14(23)13(22)12(21)9(4-19)28-17/h5-6,8-14,16-23H,2-4H2,1H3/t6-,8+,9-,10+,11+,12-,13+,14-,16+,17+/m1/s1. The van der Waals surface area contributed by atoms with Gasteiger partial charge in [0.25, 0.3) is 0 Å². The lowest BCUT2D eigenvalue weighted by molar-refractivity contribution is -0.354. The number of rotatable bonds is 5. The third-order valence-electron chi connectivity index (χ3n) is 5.44. The number of aliphatic hydroxyl groups is 6. The van der Waals surface area contributed by atoms with Crippen LogP contribution in [0, 0.1) is 11.8 Å². The second-order valence-electron chi connectivity index (χ2n) is 7.13. The van der Waals surface area contributed by atoms with Crippen molar-refractivity contribution >= 4 is 5.97 Å². The second-order valence-corrected chi connectivity index (χ2v) is 7.13. The average Bonchev–Trinajstić information content (AvgIpc) is 2.72. The highest BCUT2D eigenvalue weighted by atomic mass is 16.8. The van der Waals surface area contributed by atoms with Gasteiger partial charge in [0.15, 0.2) is 12.6 Å². The maximum atomic E-state index is 12.1. The van der Waals surface area contributed by atoms with Crippen molar-refractivity contribution in [3.63, 3.8) is 0 Å². The molecule has 6 N–H and O–H groups in total. The normalized spacial score (nSPS) is 45.0. The van der Waals surface area contributed by atoms with Crippen LogP contribution in [0.15, 0.2) is 11.8 Å². The summed E-state index contributed by atoms with van der Waals surface area (Å²) in [5, 5.41) is 58.9. The van der Waals surface area contributed by atoms with Gasteiger partial charge in [-0.1, -0.05) is 0 Å². The molecular formula is C17H26O12. The fourth-order valence-electron chi connectivity index (χ4n) is 3.92. The minimum absolute atomic E-state index is 0.00000144. The van der Waals surface area contributed by atoms with Crippen LogP contribution in [0.2, 0.25) is 0 Å². The number of hydrogen-bond acceptors (Lipinski definition) is 12. The lowest BCUT2D eigenvalue weighted by atomic mass is 9.76. The molecule has 29 heavy (non-hydrogen) atoms. The molecule has 12 nitrogen and oxygen atoms in total. The van der Waals surface area contributed by atoms with Gasteiger partial charge in [-0.15, -0.1) is 0 Å². The SMILES string of the molecule is COC(=O)C1=CO[C@@H](O[C@@H]2O[C@H](CO)[C@@H](O)[C@H](O)[C@H]2O)[C@@H]2[C@H](CO)O[C@H](O)C[C@H]12. The predicted molar refractivity (Wildman–Crippen MR) is 89.4 cm³/mol. The molecule has 0 bridgehead atoms. The van der Waals surface area contributed by atoms with E-state index in [9.17, 15) is 35.4 Å². The van der Waals surface area contributed by atoms with E-state index in [1.54, 1.807) is 0 Å². The van der Waals surface area contributed by atoms with Crippen LogP contribution in [0.3, 0.4) is 0 Å². The number of aliphatic hydroxyl groups excluding tert-OH is 6. The first-order valence-corrected chi connectivity index (χ1v) is 9.16. The van der Waals surface area contributed by atoms with Crippen LogP contribution in [-0.2, 0) is 28.5 Å². The number of hydrogen-bond donors (Lipinski definition) is 6. The topological polar surface area (TPSA) is 185 Å². The summed E-state index contributed by atoms with van der Waals surface area (Å²) in [6, 6.07) is 0. The zero-order chi connectivity index (χ0) is 21.3. The molecule has 0 radical (unpaired) electrons. The van der Waals surface area contributed by atoms with Crippen molar-refractivity contribution in [2.75, 3.05) is 20.3 Å². The van der Waals surface area contributed by atoms with Crippen molar-refractivity contribution in [1.82, 2.24) is 0 Å². The Morgan fingerprint density at radius 1 is 1.03 bits per heavy atom. The molecule has 10 atom stereocenters. The van der Waals surface area contributed by atoms with Crippen molar-refractivity contribution in [2.45, 2.75) is 55.8 Å². The summed E-state index contributed by atoms with van der Waals surface area (Å²) in [5.74, 6) is -2.14. The van der Waals surface area contributed by atoms with Gasteiger partial charge in [-0.3, -0.25) is 0 Å². The van der Waals surface area contributed by atoms with Gasteiger partial charge in [0.05, 0.1) is 44.2 Å². The van der Waals surface area contributed by atoms with Crippen molar-refractivity contribution in [2.24, 2.45) is 11.8 Å². The molecule has 2 fully saturated rings. The van der Waals surface area contributed by atoms with Crippen LogP contribution >= 0.6 is 0 Å². The second kappa shape index (κ2) is 9.20. The molecule has 2 saturated heterocycles. The predicted octanol–water partition coefficient (Wildman–Crippen LogP) is -3.45. The Morgan fingerprint density at radius 2 is 1.72 bits per heavy atom. The van der Waals surface area contributed by atoms with Gasteiger partial charge >= 0.3 is 5.97 Å². The maximum absolute atomic E-state index is 12.1. The Labute approximate surface area is 165 Å². The van der Waals surface area contributed by atoms with Crippen LogP contribution in [0.25, 0.3) is 0 Å². The van der Waals surface area contributed by atoms with Gasteiger partial charge in [0.1, 0.15) is 24.4 Å². The summed E-state index contributed by atoms with van der Waals surface area (Å²) in [6.07, 6.45) is -9.87. The summed E-state index contributed by atoms with van der Waals surface area (Å²) in [6.45, 7) is -1.16. The van der Waals surface area contributed by atoms with Gasteiger partial charge in [0, 0.05) is 12.3 Å². The summed E-state index contributed by atoms with van der Waals surface area (Å²) in [5.41, 5.74) is 0.118. The van der Waals surface area contributed by atoms with Crippen LogP contribution in [0.4, 0.5) is 0 Å². The fourth-order valence-corrected chi connectivity index (χ4v) is 3.92. The fraction of sp³-hybridized carbons (Fsp3) is 0.824. The first-order chi connectivity index (χ1) is 13.8. The van der Waals surface area contributed by atoms with E-state index in [0.717, 1.165) is 6.26 Å². The van der Waals surface area contributed by atoms with Crippen molar-refractivity contribution < 1.29 is 59.1 Å². The first-order valence-electron chi connectivity index (χ1n) is 9.16. The lowest BCUT2D eigenvalue weighted by Crippen LogP contribution is -2.61. The highest BCUT2D eigenvalue weighted by molar-refractivity contribution is 5.88. The number of ether oxygens (including phenoxy) is 5. The molecule has 0 aromatic rings. The number of fused-ring (bicyclic) bond motifs is 1. The number of carbonyl (C=O) groups excluding carboxylic acids is 1. The van der Waals surface area contributed by atoms with Crippen molar-refractivity contribution in [1.29, 1.82) is 0 Å². The van der Waals surface area contributed by atoms with E-state index in [2.05, 4.69) is 0 Å². The Bertz CT molecular complexity index is 609. The molecule has 0 aliphatic carbocycles. The number of methoxy groups -OCH3 is 1. The van der Waals surface area contributed by atoms with Crippen molar-refractivity contribution in [3.8, 4) is 0 Å². The lowest BCUT2D eigenvalue weighted by Gasteiger charge is -2.47. The summed E-state index contributed by atoms with van der Waals surface area (Å²) >= 11 is 0. The Kier molecular flexibility index (Phi) is 7.09. The molecule has 0 aromatic carbocycles. The van der Waals surface area contributed by atoms with Crippen LogP contribution in [0.1, 0.15) is 6.42 Å². The van der Waals surface area contributed by atoms with E-state index in [1.807, 2.05) is 0 Å². The Hall–Kier alpha value is -1.35. The highest BCUT2D eigenvalue weighted by Gasteiger charge is 2.52. The van der Waals surface area contributed by atoms with E-state index in [1.165, 1.54) is 7.11 Å². The van der Waals surface area contributed by atoms with Gasteiger partial charge in [-0.05, 0) is 0 Å². The zero-order valence-corrected chi connectivity index (χ0v) is 15.6. The van der Waals surface area contributed by atoms with E-state index in [-0.39, 0.29) is 12.0 Å². The van der Waals surface area contributed by atoms with E-state index in [0.29, 0.717) is 0 Å². The molecule has 0 unspecified atom stereocenters. The number of carbonyl (C=O) groups is 1. The van der Waals surface area contributed by atoms with Crippen molar-refractivity contribution in [3.05, 3.63) is 11.8 Å². The monoisotopic (exact) mass is 422 g/mol. The minimum Gasteiger partial charge on any atom is -0.471 e. The molecule has 0 amide bonds. The molecule has 3 rings (SSSR count). The Balaban J connectivity index is 1.84. The minimum atomic E-state index is -1.66. The quantitative estimate of drug-likeness (QED) is 0.241. The van der Waals surface area contributed by atoms with Gasteiger partial charge in [-0.2, -0.15) is 0 Å².